The second-order valence-electron chi connectivity index (χ2n) is 4.33. The molecule has 0 atom stereocenters. The van der Waals surface area contributed by atoms with Crippen LogP contribution in [0.5, 0.6) is 0 Å². The lowest BCUT2D eigenvalue weighted by Gasteiger charge is -2.18. The first-order chi connectivity index (χ1) is 10.5. The molecule has 2 aromatic rings. The standard InChI is InChI=1S/C13H15ClN6O2/c1-3-19(4-2)13-17-11(14)16-12(18-13)15-9-6-5-7-10(8-9)20(21)22/h5-8H,3-4H2,1-2H3,(H,15,16,17,18). The van der Waals surface area contributed by atoms with Gasteiger partial charge in [0.1, 0.15) is 0 Å². The van der Waals surface area contributed by atoms with Crippen molar-refractivity contribution in [3.63, 3.8) is 0 Å². The smallest absolute Gasteiger partial charge is 0.271 e. The van der Waals surface area contributed by atoms with Crippen molar-refractivity contribution in [3.05, 3.63) is 39.7 Å². The van der Waals surface area contributed by atoms with E-state index in [9.17, 15) is 10.1 Å². The molecule has 0 saturated carbocycles. The molecule has 0 radical (unpaired) electrons. The van der Waals surface area contributed by atoms with Crippen molar-refractivity contribution < 1.29 is 4.92 Å². The number of halogens is 1. The number of benzene rings is 1. The molecule has 0 aliphatic carbocycles. The summed E-state index contributed by atoms with van der Waals surface area (Å²) in [7, 11) is 0. The van der Waals surface area contributed by atoms with E-state index in [0.717, 1.165) is 13.1 Å². The van der Waals surface area contributed by atoms with E-state index in [1.165, 1.54) is 12.1 Å². The molecule has 1 aromatic heterocycles. The summed E-state index contributed by atoms with van der Waals surface area (Å²) in [5.74, 6) is 0.695. The normalized spacial score (nSPS) is 10.3. The van der Waals surface area contributed by atoms with Crippen LogP contribution in [0, 0.1) is 10.1 Å². The molecule has 1 N–H and O–H groups in total. The highest BCUT2D eigenvalue weighted by Crippen LogP contribution is 2.21. The minimum Gasteiger partial charge on any atom is -0.341 e. The van der Waals surface area contributed by atoms with E-state index >= 15 is 0 Å². The fraction of sp³-hybridized carbons (Fsp3) is 0.308. The lowest BCUT2D eigenvalue weighted by atomic mass is 10.3. The minimum absolute atomic E-state index is 0.0193. The number of nitrogens with zero attached hydrogens (tertiary/aromatic N) is 5. The summed E-state index contributed by atoms with van der Waals surface area (Å²) in [6, 6.07) is 6.07. The summed E-state index contributed by atoms with van der Waals surface area (Å²) in [6.45, 7) is 5.42. The lowest BCUT2D eigenvalue weighted by molar-refractivity contribution is -0.384. The molecule has 0 aliphatic rings. The molecule has 9 heteroatoms. The molecule has 0 unspecified atom stereocenters. The first-order valence-electron chi connectivity index (χ1n) is 6.71. The predicted molar refractivity (Wildman–Crippen MR) is 84.8 cm³/mol. The van der Waals surface area contributed by atoms with Crippen LogP contribution in [-0.2, 0) is 0 Å². The van der Waals surface area contributed by atoms with Crippen molar-refractivity contribution >= 4 is 34.9 Å². The summed E-state index contributed by atoms with van der Waals surface area (Å²) >= 11 is 5.92. The van der Waals surface area contributed by atoms with E-state index in [1.54, 1.807) is 12.1 Å². The van der Waals surface area contributed by atoms with Crippen molar-refractivity contribution in [2.45, 2.75) is 13.8 Å². The molecule has 1 heterocycles. The van der Waals surface area contributed by atoms with Gasteiger partial charge < -0.3 is 10.2 Å². The van der Waals surface area contributed by atoms with Crippen molar-refractivity contribution in [3.8, 4) is 0 Å². The van der Waals surface area contributed by atoms with Gasteiger partial charge in [0.05, 0.1) is 4.92 Å². The Bertz CT molecular complexity index is 677. The molecule has 116 valence electrons. The van der Waals surface area contributed by atoms with Crippen LogP contribution in [0.2, 0.25) is 5.28 Å². The zero-order chi connectivity index (χ0) is 16.1. The van der Waals surface area contributed by atoms with Gasteiger partial charge in [-0.2, -0.15) is 15.0 Å². The Kier molecular flexibility index (Phi) is 5.05. The summed E-state index contributed by atoms with van der Waals surface area (Å²) < 4.78 is 0. The molecule has 1 aromatic carbocycles. The average Bonchev–Trinajstić information content (AvgIpc) is 2.48. The molecule has 0 aliphatic heterocycles. The molecular weight excluding hydrogens is 308 g/mol. The molecule has 2 rings (SSSR count). The maximum Gasteiger partial charge on any atom is 0.271 e. The van der Waals surface area contributed by atoms with Gasteiger partial charge in [0.25, 0.3) is 5.69 Å². The number of nitrogens with one attached hydrogen (secondary N) is 1. The number of nitro benzene ring substituents is 1. The van der Waals surface area contributed by atoms with E-state index in [0.29, 0.717) is 11.6 Å². The van der Waals surface area contributed by atoms with Gasteiger partial charge in [-0.25, -0.2) is 0 Å². The molecule has 8 nitrogen and oxygen atoms in total. The Morgan fingerprint density at radius 1 is 1.27 bits per heavy atom. The number of rotatable bonds is 6. The van der Waals surface area contributed by atoms with Crippen LogP contribution in [0.3, 0.4) is 0 Å². The molecular formula is C13H15ClN6O2. The van der Waals surface area contributed by atoms with Gasteiger partial charge in [0.15, 0.2) is 0 Å². The quantitative estimate of drug-likeness (QED) is 0.644. The third-order valence-corrected chi connectivity index (χ3v) is 3.12. The fourth-order valence-corrected chi connectivity index (χ4v) is 2.03. The van der Waals surface area contributed by atoms with Gasteiger partial charge in [-0.05, 0) is 31.5 Å². The number of non-ortho nitro benzene ring substituents is 1. The maximum atomic E-state index is 10.8. The number of aromatic nitrogens is 3. The van der Waals surface area contributed by atoms with Crippen LogP contribution in [0.25, 0.3) is 0 Å². The summed E-state index contributed by atoms with van der Waals surface area (Å²) in [5, 5.41) is 13.8. The van der Waals surface area contributed by atoms with E-state index in [-0.39, 0.29) is 16.9 Å². The van der Waals surface area contributed by atoms with Gasteiger partial charge in [-0.3, -0.25) is 10.1 Å². The Morgan fingerprint density at radius 3 is 2.64 bits per heavy atom. The van der Waals surface area contributed by atoms with Crippen LogP contribution in [-0.4, -0.2) is 33.0 Å². The van der Waals surface area contributed by atoms with Crippen molar-refractivity contribution in [1.82, 2.24) is 15.0 Å². The topological polar surface area (TPSA) is 97.1 Å². The second-order valence-corrected chi connectivity index (χ2v) is 4.67. The minimum atomic E-state index is -0.465. The molecule has 22 heavy (non-hydrogen) atoms. The third-order valence-electron chi connectivity index (χ3n) is 2.96. The zero-order valence-electron chi connectivity index (χ0n) is 12.2. The monoisotopic (exact) mass is 322 g/mol. The first-order valence-corrected chi connectivity index (χ1v) is 7.09. The average molecular weight is 323 g/mol. The Hall–Kier alpha value is -2.48. The zero-order valence-corrected chi connectivity index (χ0v) is 12.9. The fourth-order valence-electron chi connectivity index (χ4n) is 1.87. The maximum absolute atomic E-state index is 10.8. The molecule has 0 bridgehead atoms. The van der Waals surface area contributed by atoms with E-state index in [1.807, 2.05) is 18.7 Å². The highest BCUT2D eigenvalue weighted by molar-refractivity contribution is 6.28. The van der Waals surface area contributed by atoms with E-state index in [4.69, 9.17) is 11.6 Å². The second kappa shape index (κ2) is 6.99. The lowest BCUT2D eigenvalue weighted by Crippen LogP contribution is -2.24. The van der Waals surface area contributed by atoms with Gasteiger partial charge in [-0.1, -0.05) is 6.07 Å². The van der Waals surface area contributed by atoms with E-state index < -0.39 is 4.92 Å². The van der Waals surface area contributed by atoms with Gasteiger partial charge in [-0.15, -0.1) is 0 Å². The number of nitro groups is 1. The highest BCUT2D eigenvalue weighted by atomic mass is 35.5. The number of hydrogen-bond acceptors (Lipinski definition) is 7. The van der Waals surface area contributed by atoms with Crippen LogP contribution >= 0.6 is 11.6 Å². The van der Waals surface area contributed by atoms with Crippen LogP contribution in [0.4, 0.5) is 23.3 Å². The molecule has 0 amide bonds. The third kappa shape index (κ3) is 3.79. The van der Waals surface area contributed by atoms with Crippen molar-refractivity contribution in [1.29, 1.82) is 0 Å². The van der Waals surface area contributed by atoms with E-state index in [2.05, 4.69) is 20.3 Å². The van der Waals surface area contributed by atoms with Crippen LogP contribution < -0.4 is 10.2 Å². The van der Waals surface area contributed by atoms with Gasteiger partial charge in [0.2, 0.25) is 17.2 Å². The summed E-state index contributed by atoms with van der Waals surface area (Å²) in [6.07, 6.45) is 0. The number of hydrogen-bond donors (Lipinski definition) is 1. The van der Waals surface area contributed by atoms with Crippen LogP contribution in [0.15, 0.2) is 24.3 Å². The van der Waals surface area contributed by atoms with Crippen LogP contribution in [0.1, 0.15) is 13.8 Å². The van der Waals surface area contributed by atoms with Crippen molar-refractivity contribution in [2.24, 2.45) is 0 Å². The Morgan fingerprint density at radius 2 is 2.00 bits per heavy atom. The Labute approximate surface area is 132 Å². The SMILES string of the molecule is CCN(CC)c1nc(Cl)nc(Nc2cccc([N+](=O)[O-])c2)n1. The van der Waals surface area contributed by atoms with Gasteiger partial charge >= 0.3 is 0 Å². The summed E-state index contributed by atoms with van der Waals surface area (Å²) in [4.78, 5) is 24.6. The first kappa shape index (κ1) is 15.9. The predicted octanol–water partition coefficient (Wildman–Crippen LogP) is 3.02. The van der Waals surface area contributed by atoms with Gasteiger partial charge in [0, 0.05) is 30.9 Å². The number of anilines is 3. The molecule has 0 fully saturated rings. The largest absolute Gasteiger partial charge is 0.341 e. The Balaban J connectivity index is 2.29. The van der Waals surface area contributed by atoms with Crippen molar-refractivity contribution in [2.75, 3.05) is 23.3 Å². The molecule has 0 spiro atoms. The summed E-state index contributed by atoms with van der Waals surface area (Å²) in [5.41, 5.74) is 0.482. The highest BCUT2D eigenvalue weighted by Gasteiger charge is 2.11. The molecule has 0 saturated heterocycles.